The lowest BCUT2D eigenvalue weighted by Gasteiger charge is -2.35. The number of rotatable bonds is 3. The third-order valence-corrected chi connectivity index (χ3v) is 6.58. The van der Waals surface area contributed by atoms with Crippen LogP contribution in [0.25, 0.3) is 11.0 Å². The molecule has 1 aliphatic heterocycles. The van der Waals surface area contributed by atoms with Crippen LogP contribution in [-0.4, -0.2) is 56.5 Å². The Morgan fingerprint density at radius 3 is 2.76 bits per heavy atom. The highest BCUT2D eigenvalue weighted by molar-refractivity contribution is 5.94. The molecule has 152 valence electrons. The van der Waals surface area contributed by atoms with Gasteiger partial charge in [-0.2, -0.15) is 0 Å². The Labute approximate surface area is 168 Å². The summed E-state index contributed by atoms with van der Waals surface area (Å²) in [6.45, 7) is 1.81. The molecule has 1 saturated heterocycles. The average Bonchev–Trinajstić information content (AvgIpc) is 3.45. The molecule has 0 radical (unpaired) electrons. The van der Waals surface area contributed by atoms with Crippen LogP contribution in [0, 0.1) is 11.8 Å². The topological polar surface area (TPSA) is 85.4 Å². The molecule has 0 unspecified atom stereocenters. The molecule has 0 amide bonds. The van der Waals surface area contributed by atoms with E-state index in [0.29, 0.717) is 17.4 Å². The second-order valence-corrected chi connectivity index (χ2v) is 8.21. The second-order valence-electron chi connectivity index (χ2n) is 8.21. The molecule has 5 rings (SSSR count). The summed E-state index contributed by atoms with van der Waals surface area (Å²) >= 11 is 0. The van der Waals surface area contributed by atoms with Gasteiger partial charge < -0.3 is 23.9 Å². The van der Waals surface area contributed by atoms with Crippen LogP contribution in [0.3, 0.4) is 0 Å². The highest BCUT2D eigenvalue weighted by Crippen LogP contribution is 2.42. The summed E-state index contributed by atoms with van der Waals surface area (Å²) in [4.78, 5) is 23.1. The van der Waals surface area contributed by atoms with Crippen molar-refractivity contribution in [2.75, 3.05) is 25.1 Å². The molecule has 0 bridgehead atoms. The van der Waals surface area contributed by atoms with Crippen LogP contribution in [0.2, 0.25) is 0 Å². The molecule has 3 heterocycles. The first-order valence-corrected chi connectivity index (χ1v) is 10.0. The van der Waals surface area contributed by atoms with E-state index in [0.717, 1.165) is 42.9 Å². The summed E-state index contributed by atoms with van der Waals surface area (Å²) in [5.74, 6) is 1.52. The molecular weight excluding hydrogens is 370 g/mol. The van der Waals surface area contributed by atoms with E-state index in [4.69, 9.17) is 9.72 Å². The Morgan fingerprint density at radius 1 is 1.24 bits per heavy atom. The fourth-order valence-corrected chi connectivity index (χ4v) is 5.07. The summed E-state index contributed by atoms with van der Waals surface area (Å²) in [7, 11) is 3.39. The van der Waals surface area contributed by atoms with Gasteiger partial charge in [-0.3, -0.25) is 0 Å². The zero-order valence-corrected chi connectivity index (χ0v) is 16.6. The van der Waals surface area contributed by atoms with Crippen molar-refractivity contribution in [3.63, 3.8) is 0 Å². The number of nitrogens with zero attached hydrogens (tertiary/aromatic N) is 5. The smallest absolute Gasteiger partial charge is 0.337 e. The van der Waals surface area contributed by atoms with Crippen LogP contribution in [0.1, 0.15) is 29.2 Å². The normalized spacial score (nSPS) is 26.7. The third kappa shape index (κ3) is 2.98. The van der Waals surface area contributed by atoms with E-state index in [-0.39, 0.29) is 18.1 Å². The Kier molecular flexibility index (Phi) is 4.31. The molecule has 2 aliphatic rings. The summed E-state index contributed by atoms with van der Waals surface area (Å²) in [5, 5.41) is 10.7. The van der Waals surface area contributed by atoms with Gasteiger partial charge in [0.25, 0.3) is 0 Å². The molecular formula is C21H25N5O3. The number of fused-ring (bicyclic) bond motifs is 2. The minimum absolute atomic E-state index is 0.0850. The van der Waals surface area contributed by atoms with E-state index in [2.05, 4.69) is 14.5 Å². The lowest BCUT2D eigenvalue weighted by molar-refractivity contribution is 0.0358. The van der Waals surface area contributed by atoms with E-state index in [1.165, 1.54) is 7.11 Å². The van der Waals surface area contributed by atoms with Gasteiger partial charge >= 0.3 is 5.97 Å². The van der Waals surface area contributed by atoms with Crippen LogP contribution in [0.15, 0.2) is 36.9 Å². The van der Waals surface area contributed by atoms with Gasteiger partial charge in [0.05, 0.1) is 42.2 Å². The second kappa shape index (κ2) is 6.88. The number of aryl methyl sites for hydroxylation is 1. The van der Waals surface area contributed by atoms with Crippen LogP contribution in [0.4, 0.5) is 5.95 Å². The number of aliphatic hydroxyl groups is 1. The molecule has 1 saturated carbocycles. The van der Waals surface area contributed by atoms with E-state index >= 15 is 0 Å². The van der Waals surface area contributed by atoms with Crippen molar-refractivity contribution in [1.29, 1.82) is 0 Å². The van der Waals surface area contributed by atoms with Gasteiger partial charge in [0.1, 0.15) is 0 Å². The van der Waals surface area contributed by atoms with Gasteiger partial charge in [-0.25, -0.2) is 14.8 Å². The number of esters is 1. The maximum atomic E-state index is 11.8. The first-order chi connectivity index (χ1) is 14.0. The minimum atomic E-state index is -0.356. The Bertz CT molecular complexity index is 1040. The molecule has 8 heteroatoms. The van der Waals surface area contributed by atoms with Gasteiger partial charge in [0, 0.05) is 32.5 Å². The van der Waals surface area contributed by atoms with Crippen LogP contribution in [0.5, 0.6) is 0 Å². The number of hydrogen-bond acceptors (Lipinski definition) is 6. The van der Waals surface area contributed by atoms with Gasteiger partial charge in [-0.1, -0.05) is 0 Å². The highest BCUT2D eigenvalue weighted by atomic mass is 16.5. The fourth-order valence-electron chi connectivity index (χ4n) is 5.07. The standard InChI is InChI=1S/C21H25N5O3/c1-24-17-4-3-13(20(28)29-2)7-16(17)23-21(24)26-10-14-8-18(25-6-5-22-12-25)19(27)9-15(14)11-26/h3-7,12,14-15,18-19,27H,8-11H2,1-2H3/t14-,15+,18-,19-/m1/s1. The van der Waals surface area contributed by atoms with Crippen molar-refractivity contribution < 1.29 is 14.6 Å². The Balaban J connectivity index is 1.40. The number of carbonyl (C=O) groups excluding carboxylic acids is 1. The monoisotopic (exact) mass is 395 g/mol. The maximum absolute atomic E-state index is 11.8. The quantitative estimate of drug-likeness (QED) is 0.683. The number of aromatic nitrogens is 4. The van der Waals surface area contributed by atoms with Crippen molar-refractivity contribution in [1.82, 2.24) is 19.1 Å². The Morgan fingerprint density at radius 2 is 2.03 bits per heavy atom. The molecule has 4 atom stereocenters. The first kappa shape index (κ1) is 18.2. The SMILES string of the molecule is COC(=O)c1ccc2c(c1)nc(N1C[C@H]3C[C@@H](n4ccnc4)[C@H](O)C[C@H]3C1)n2C. The van der Waals surface area contributed by atoms with E-state index in [9.17, 15) is 9.90 Å². The molecule has 1 aliphatic carbocycles. The zero-order valence-electron chi connectivity index (χ0n) is 16.6. The predicted octanol–water partition coefficient (Wildman–Crippen LogP) is 2.00. The minimum Gasteiger partial charge on any atom is -0.465 e. The molecule has 8 nitrogen and oxygen atoms in total. The number of ether oxygens (including phenoxy) is 1. The lowest BCUT2D eigenvalue weighted by atomic mass is 9.77. The molecule has 2 fully saturated rings. The summed E-state index contributed by atoms with van der Waals surface area (Å²) in [5.41, 5.74) is 2.28. The Hall–Kier alpha value is -2.87. The van der Waals surface area contributed by atoms with Gasteiger partial charge in [-0.05, 0) is 42.9 Å². The fraction of sp³-hybridized carbons (Fsp3) is 0.476. The zero-order chi connectivity index (χ0) is 20.1. The largest absolute Gasteiger partial charge is 0.465 e. The first-order valence-electron chi connectivity index (χ1n) is 10.0. The average molecular weight is 395 g/mol. The lowest BCUT2D eigenvalue weighted by Crippen LogP contribution is -2.35. The van der Waals surface area contributed by atoms with Crippen molar-refractivity contribution in [3.8, 4) is 0 Å². The van der Waals surface area contributed by atoms with Crippen molar-refractivity contribution in [2.24, 2.45) is 18.9 Å². The van der Waals surface area contributed by atoms with Gasteiger partial charge in [-0.15, -0.1) is 0 Å². The molecule has 1 aromatic carbocycles. The van der Waals surface area contributed by atoms with Crippen LogP contribution >= 0.6 is 0 Å². The van der Waals surface area contributed by atoms with Crippen molar-refractivity contribution in [3.05, 3.63) is 42.5 Å². The van der Waals surface area contributed by atoms with Crippen LogP contribution in [-0.2, 0) is 11.8 Å². The number of benzene rings is 1. The summed E-state index contributed by atoms with van der Waals surface area (Å²) in [6.07, 6.45) is 6.88. The molecule has 29 heavy (non-hydrogen) atoms. The number of carbonyl (C=O) groups is 1. The van der Waals surface area contributed by atoms with Crippen molar-refractivity contribution in [2.45, 2.75) is 25.0 Å². The number of methoxy groups -OCH3 is 1. The maximum Gasteiger partial charge on any atom is 0.337 e. The van der Waals surface area contributed by atoms with E-state index in [1.807, 2.05) is 23.9 Å². The van der Waals surface area contributed by atoms with Crippen LogP contribution < -0.4 is 4.90 Å². The van der Waals surface area contributed by atoms with Crippen molar-refractivity contribution >= 4 is 23.0 Å². The van der Waals surface area contributed by atoms with E-state index in [1.54, 1.807) is 24.7 Å². The molecule has 0 spiro atoms. The summed E-state index contributed by atoms with van der Waals surface area (Å²) in [6, 6.07) is 5.56. The number of hydrogen-bond donors (Lipinski definition) is 1. The third-order valence-electron chi connectivity index (χ3n) is 6.58. The molecule has 2 aromatic heterocycles. The molecule has 3 aromatic rings. The number of imidazole rings is 2. The number of anilines is 1. The number of aliphatic hydroxyl groups excluding tert-OH is 1. The predicted molar refractivity (Wildman–Crippen MR) is 108 cm³/mol. The van der Waals surface area contributed by atoms with E-state index < -0.39 is 0 Å². The van der Waals surface area contributed by atoms with Gasteiger partial charge in [0.15, 0.2) is 0 Å². The van der Waals surface area contributed by atoms with Gasteiger partial charge in [0.2, 0.25) is 5.95 Å². The molecule has 1 N–H and O–H groups in total. The highest BCUT2D eigenvalue weighted by Gasteiger charge is 2.43. The summed E-state index contributed by atoms with van der Waals surface area (Å²) < 4.78 is 8.94.